The predicted molar refractivity (Wildman–Crippen MR) is 69.7 cm³/mol. The number of rotatable bonds is 5. The molecule has 0 radical (unpaired) electrons. The van der Waals surface area contributed by atoms with Crippen LogP contribution in [-0.4, -0.2) is 28.8 Å². The Balaban J connectivity index is 2.21. The number of para-hydroxylation sites is 1. The molecule has 0 aliphatic heterocycles. The molecule has 1 heterocycles. The van der Waals surface area contributed by atoms with E-state index in [9.17, 15) is 14.7 Å². The Labute approximate surface area is 114 Å². The zero-order chi connectivity index (χ0) is 13.8. The minimum absolute atomic E-state index is 0.148. The first-order valence-electron chi connectivity index (χ1n) is 5.73. The highest BCUT2D eigenvalue weighted by Crippen LogP contribution is 2.18. The van der Waals surface area contributed by atoms with Crippen LogP contribution in [0.3, 0.4) is 0 Å². The number of H-pyrrole nitrogens is 1. The van der Waals surface area contributed by atoms with Gasteiger partial charge in [0.2, 0.25) is 5.91 Å². The second kappa shape index (κ2) is 5.75. The number of carboxylic acids is 1. The molecule has 0 saturated heterocycles. The van der Waals surface area contributed by atoms with Crippen molar-refractivity contribution in [3.8, 4) is 0 Å². The monoisotopic (exact) mass is 279 g/mol. The number of carbonyl (C=O) groups is 2. The normalized spacial score (nSPS) is 12.3. The molecule has 0 aliphatic rings. The first-order chi connectivity index (χ1) is 9.11. The van der Waals surface area contributed by atoms with E-state index >= 15 is 0 Å². The largest absolute Gasteiger partial charge is 0.548 e. The van der Waals surface area contributed by atoms with Crippen molar-refractivity contribution in [3.63, 3.8) is 0 Å². The molecule has 5 nitrogen and oxygen atoms in total. The average molecular weight is 280 g/mol. The molecule has 0 bridgehead atoms. The molecule has 6 heteroatoms. The Bertz CT molecular complexity index is 609. The number of fused-ring (bicyclic) bond motifs is 1. The SMILES string of the molecule is O=C(CCl)N[C@H](Cc1c[nH]c2ccccc12)C(=O)[O-]. The van der Waals surface area contributed by atoms with Gasteiger partial charge in [-0.25, -0.2) is 0 Å². The molecule has 1 aromatic heterocycles. The number of nitrogens with one attached hydrogen (secondary N) is 2. The van der Waals surface area contributed by atoms with E-state index in [0.717, 1.165) is 16.5 Å². The number of carbonyl (C=O) groups excluding carboxylic acids is 2. The van der Waals surface area contributed by atoms with E-state index in [4.69, 9.17) is 11.6 Å². The van der Waals surface area contributed by atoms with Crippen molar-refractivity contribution in [2.75, 3.05) is 5.88 Å². The minimum Gasteiger partial charge on any atom is -0.548 e. The van der Waals surface area contributed by atoms with Crippen LogP contribution in [0.2, 0.25) is 0 Å². The number of amides is 1. The van der Waals surface area contributed by atoms with Crippen LogP contribution >= 0.6 is 11.6 Å². The fourth-order valence-corrected chi connectivity index (χ4v) is 2.02. The quantitative estimate of drug-likeness (QED) is 0.766. The molecule has 0 saturated carbocycles. The van der Waals surface area contributed by atoms with Crippen LogP contribution in [0.4, 0.5) is 0 Å². The number of alkyl halides is 1. The highest BCUT2D eigenvalue weighted by atomic mass is 35.5. The van der Waals surface area contributed by atoms with E-state index < -0.39 is 17.9 Å². The zero-order valence-corrected chi connectivity index (χ0v) is 10.7. The number of hydrogen-bond donors (Lipinski definition) is 2. The number of aromatic nitrogens is 1. The zero-order valence-electron chi connectivity index (χ0n) is 9.98. The Morgan fingerprint density at radius 2 is 2.11 bits per heavy atom. The first kappa shape index (κ1) is 13.4. The number of aliphatic carboxylic acids is 1. The molecule has 1 amide bonds. The lowest BCUT2D eigenvalue weighted by atomic mass is 10.1. The van der Waals surface area contributed by atoms with E-state index in [0.29, 0.717) is 0 Å². The number of halogens is 1. The molecule has 1 aromatic carbocycles. The Morgan fingerprint density at radius 1 is 1.37 bits per heavy atom. The van der Waals surface area contributed by atoms with Gasteiger partial charge in [-0.15, -0.1) is 11.6 Å². The van der Waals surface area contributed by atoms with Crippen LogP contribution in [0.5, 0.6) is 0 Å². The maximum atomic E-state index is 11.2. The second-order valence-corrected chi connectivity index (χ2v) is 4.40. The summed E-state index contributed by atoms with van der Waals surface area (Å²) in [6.45, 7) is 0. The third-order valence-corrected chi connectivity index (χ3v) is 3.08. The maximum Gasteiger partial charge on any atom is 0.235 e. The molecule has 1 atom stereocenters. The first-order valence-corrected chi connectivity index (χ1v) is 6.26. The van der Waals surface area contributed by atoms with Crippen LogP contribution in [0.15, 0.2) is 30.5 Å². The summed E-state index contributed by atoms with van der Waals surface area (Å²) in [5.74, 6) is -2.14. The molecule has 0 spiro atoms. The van der Waals surface area contributed by atoms with Gasteiger partial charge in [-0.1, -0.05) is 18.2 Å². The Hall–Kier alpha value is -2.01. The lowest BCUT2D eigenvalue weighted by Crippen LogP contribution is -2.49. The minimum atomic E-state index is -1.33. The Morgan fingerprint density at radius 3 is 2.79 bits per heavy atom. The van der Waals surface area contributed by atoms with E-state index in [1.807, 2.05) is 24.3 Å². The molecule has 2 rings (SSSR count). The summed E-state index contributed by atoms with van der Waals surface area (Å²) < 4.78 is 0. The third-order valence-electron chi connectivity index (χ3n) is 2.84. The Kier molecular flexibility index (Phi) is 4.06. The van der Waals surface area contributed by atoms with Crippen LogP contribution in [0.1, 0.15) is 5.56 Å². The van der Waals surface area contributed by atoms with E-state index in [-0.39, 0.29) is 12.3 Å². The van der Waals surface area contributed by atoms with Crippen LogP contribution in [-0.2, 0) is 16.0 Å². The summed E-state index contributed by atoms with van der Waals surface area (Å²) in [5.41, 5.74) is 1.72. The summed E-state index contributed by atoms with van der Waals surface area (Å²) in [5, 5.41) is 14.3. The molecule has 0 unspecified atom stereocenters. The lowest BCUT2D eigenvalue weighted by molar-refractivity contribution is -0.308. The second-order valence-electron chi connectivity index (χ2n) is 4.14. The topological polar surface area (TPSA) is 85.0 Å². The van der Waals surface area contributed by atoms with Crippen molar-refractivity contribution in [2.24, 2.45) is 0 Å². The van der Waals surface area contributed by atoms with Crippen molar-refractivity contribution in [2.45, 2.75) is 12.5 Å². The van der Waals surface area contributed by atoms with Crippen molar-refractivity contribution in [1.29, 1.82) is 0 Å². The highest BCUT2D eigenvalue weighted by molar-refractivity contribution is 6.27. The molecule has 19 heavy (non-hydrogen) atoms. The van der Waals surface area contributed by atoms with Crippen molar-refractivity contribution < 1.29 is 14.7 Å². The van der Waals surface area contributed by atoms with Crippen molar-refractivity contribution >= 4 is 34.4 Å². The van der Waals surface area contributed by atoms with Gasteiger partial charge in [-0.05, 0) is 11.6 Å². The summed E-state index contributed by atoms with van der Waals surface area (Å²) in [4.78, 5) is 25.3. The van der Waals surface area contributed by atoms with Crippen LogP contribution in [0.25, 0.3) is 10.9 Å². The summed E-state index contributed by atoms with van der Waals surface area (Å²) >= 11 is 5.35. The van der Waals surface area contributed by atoms with Gasteiger partial charge in [0.25, 0.3) is 0 Å². The predicted octanol–water partition coefficient (Wildman–Crippen LogP) is 0.184. The van der Waals surface area contributed by atoms with Crippen LogP contribution in [0, 0.1) is 0 Å². The number of aromatic amines is 1. The summed E-state index contributed by atoms with van der Waals surface area (Å²) in [7, 11) is 0. The van der Waals surface area contributed by atoms with Crippen molar-refractivity contribution in [3.05, 3.63) is 36.0 Å². The molecule has 2 aromatic rings. The van der Waals surface area contributed by atoms with E-state index in [1.165, 1.54) is 0 Å². The smallest absolute Gasteiger partial charge is 0.235 e. The average Bonchev–Trinajstić information content (AvgIpc) is 2.81. The standard InChI is InChI=1S/C13H13ClN2O3/c14-6-12(17)16-11(13(18)19)5-8-7-15-10-4-2-1-3-9(8)10/h1-4,7,11,15H,5-6H2,(H,16,17)(H,18,19)/p-1/t11-/m1/s1. The number of benzene rings is 1. The van der Waals surface area contributed by atoms with Gasteiger partial charge in [-0.3, -0.25) is 4.79 Å². The van der Waals surface area contributed by atoms with E-state index in [1.54, 1.807) is 6.20 Å². The van der Waals surface area contributed by atoms with E-state index in [2.05, 4.69) is 10.3 Å². The van der Waals surface area contributed by atoms with Gasteiger partial charge in [0, 0.05) is 23.5 Å². The number of carboxylic acid groups (broad SMARTS) is 1. The van der Waals surface area contributed by atoms with Gasteiger partial charge in [0.1, 0.15) is 5.88 Å². The van der Waals surface area contributed by atoms with Crippen LogP contribution < -0.4 is 10.4 Å². The molecule has 100 valence electrons. The molecule has 0 fully saturated rings. The van der Waals surface area contributed by atoms with Gasteiger partial charge in [0.15, 0.2) is 0 Å². The summed E-state index contributed by atoms with van der Waals surface area (Å²) in [6.07, 6.45) is 1.88. The lowest BCUT2D eigenvalue weighted by Gasteiger charge is -2.18. The van der Waals surface area contributed by atoms with Gasteiger partial charge < -0.3 is 20.2 Å². The maximum absolute atomic E-state index is 11.2. The highest BCUT2D eigenvalue weighted by Gasteiger charge is 2.15. The van der Waals surface area contributed by atoms with Gasteiger partial charge in [0.05, 0.1) is 12.0 Å². The molecular formula is C13H12ClN2O3-. The third kappa shape index (κ3) is 3.06. The van der Waals surface area contributed by atoms with Gasteiger partial charge >= 0.3 is 0 Å². The fourth-order valence-electron chi connectivity index (χ4n) is 1.95. The van der Waals surface area contributed by atoms with Gasteiger partial charge in [-0.2, -0.15) is 0 Å². The summed E-state index contributed by atoms with van der Waals surface area (Å²) in [6, 6.07) is 6.44. The fraction of sp³-hybridized carbons (Fsp3) is 0.231. The van der Waals surface area contributed by atoms with Crippen molar-refractivity contribution in [1.82, 2.24) is 10.3 Å². The molecular weight excluding hydrogens is 268 g/mol. The molecule has 2 N–H and O–H groups in total. The number of hydrogen-bond acceptors (Lipinski definition) is 3. The molecule has 0 aliphatic carbocycles.